The second kappa shape index (κ2) is 2.58. The van der Waals surface area contributed by atoms with Crippen molar-refractivity contribution in [3.05, 3.63) is 42.7 Å². The molecule has 11 heavy (non-hydrogen) atoms. The summed E-state index contributed by atoms with van der Waals surface area (Å²) in [5, 5.41) is 0. The third-order valence-corrected chi connectivity index (χ3v) is 1.48. The van der Waals surface area contributed by atoms with E-state index in [9.17, 15) is 0 Å². The number of hydrogen-bond acceptors (Lipinski definition) is 1. The van der Waals surface area contributed by atoms with Crippen LogP contribution in [-0.2, 0) is 0 Å². The van der Waals surface area contributed by atoms with Crippen LogP contribution in [0.1, 0.15) is 0 Å². The van der Waals surface area contributed by atoms with E-state index in [2.05, 4.69) is 16.2 Å². The maximum absolute atomic E-state index is 4.17. The van der Waals surface area contributed by atoms with E-state index in [0.29, 0.717) is 0 Å². The summed E-state index contributed by atoms with van der Waals surface area (Å²) in [7, 11) is 0. The van der Waals surface area contributed by atoms with Gasteiger partial charge in [0, 0.05) is 6.20 Å². The lowest BCUT2D eigenvalue weighted by atomic mass is 10.3. The van der Waals surface area contributed by atoms with Crippen molar-refractivity contribution in [3.8, 4) is 11.4 Å². The predicted octanol–water partition coefficient (Wildman–Crippen LogP) is 1.88. The molecule has 2 heterocycles. The molecule has 2 nitrogen and oxygen atoms in total. The Morgan fingerprint density at radius 3 is 2.91 bits per heavy atom. The van der Waals surface area contributed by atoms with Gasteiger partial charge in [-0.2, -0.15) is 0 Å². The molecule has 1 N–H and O–H groups in total. The standard InChI is InChI=1S/C9H7N2/c1-2-6-10-8(4-1)9-5-3-7-11-9/h1-6,11H. The molecule has 2 rings (SSSR count). The number of nitrogens with zero attached hydrogens (tertiary/aromatic N) is 1. The quantitative estimate of drug-likeness (QED) is 0.648. The molecule has 0 fully saturated rings. The topological polar surface area (TPSA) is 28.7 Å². The largest absolute Gasteiger partial charge is 0.352 e. The number of nitrogens with one attached hydrogen (secondary N) is 1. The van der Waals surface area contributed by atoms with E-state index in [1.165, 1.54) is 0 Å². The molecule has 2 aromatic heterocycles. The van der Waals surface area contributed by atoms with Crippen molar-refractivity contribution in [2.24, 2.45) is 0 Å². The maximum Gasteiger partial charge on any atom is 0.0864 e. The molecule has 0 saturated heterocycles. The minimum atomic E-state index is 0.953. The van der Waals surface area contributed by atoms with Gasteiger partial charge in [-0.05, 0) is 24.3 Å². The van der Waals surface area contributed by atoms with E-state index < -0.39 is 0 Å². The minimum Gasteiger partial charge on any atom is -0.352 e. The molecule has 1 radical (unpaired) electrons. The molecule has 0 atom stereocenters. The highest BCUT2D eigenvalue weighted by Crippen LogP contribution is 2.11. The zero-order valence-electron chi connectivity index (χ0n) is 5.91. The van der Waals surface area contributed by atoms with Crippen LogP contribution in [0.3, 0.4) is 0 Å². The molecule has 0 aliphatic rings. The van der Waals surface area contributed by atoms with Crippen LogP contribution in [0.5, 0.6) is 0 Å². The summed E-state index contributed by atoms with van der Waals surface area (Å²) in [4.78, 5) is 7.14. The first-order chi connectivity index (χ1) is 5.47. The van der Waals surface area contributed by atoms with E-state index in [0.717, 1.165) is 11.4 Å². The van der Waals surface area contributed by atoms with Crippen LogP contribution >= 0.6 is 0 Å². The van der Waals surface area contributed by atoms with Gasteiger partial charge in [-0.15, -0.1) is 0 Å². The Kier molecular flexibility index (Phi) is 1.44. The third kappa shape index (κ3) is 1.15. The summed E-state index contributed by atoms with van der Waals surface area (Å²) in [6.07, 6.45) is 4.64. The lowest BCUT2D eigenvalue weighted by Crippen LogP contribution is -1.79. The molecule has 0 unspecified atom stereocenters. The lowest BCUT2D eigenvalue weighted by molar-refractivity contribution is 1.28. The second-order valence-electron chi connectivity index (χ2n) is 2.23. The first-order valence-electron chi connectivity index (χ1n) is 3.43. The van der Waals surface area contributed by atoms with Crippen LogP contribution in [0.15, 0.2) is 36.5 Å². The Bertz CT molecular complexity index is 311. The number of hydrogen-bond donors (Lipinski definition) is 1. The fourth-order valence-electron chi connectivity index (χ4n) is 0.958. The number of rotatable bonds is 1. The maximum atomic E-state index is 4.17. The Balaban J connectivity index is 2.46. The van der Waals surface area contributed by atoms with E-state index in [-0.39, 0.29) is 0 Å². The fraction of sp³-hybridized carbons (Fsp3) is 0. The van der Waals surface area contributed by atoms with Crippen LogP contribution < -0.4 is 0 Å². The van der Waals surface area contributed by atoms with Gasteiger partial charge >= 0.3 is 0 Å². The minimum absolute atomic E-state index is 0.953. The van der Waals surface area contributed by atoms with E-state index >= 15 is 0 Å². The molecule has 53 valence electrons. The van der Waals surface area contributed by atoms with Crippen LogP contribution in [0.4, 0.5) is 0 Å². The molecule has 0 saturated carbocycles. The van der Waals surface area contributed by atoms with Crippen LogP contribution in [-0.4, -0.2) is 9.97 Å². The fourth-order valence-corrected chi connectivity index (χ4v) is 0.958. The van der Waals surface area contributed by atoms with Crippen molar-refractivity contribution in [1.29, 1.82) is 0 Å². The predicted molar refractivity (Wildman–Crippen MR) is 42.9 cm³/mol. The van der Waals surface area contributed by atoms with Crippen molar-refractivity contribution >= 4 is 0 Å². The van der Waals surface area contributed by atoms with Gasteiger partial charge in [0.15, 0.2) is 0 Å². The van der Waals surface area contributed by atoms with Crippen molar-refractivity contribution in [2.75, 3.05) is 0 Å². The summed E-state index contributed by atoms with van der Waals surface area (Å²) < 4.78 is 0. The van der Waals surface area contributed by atoms with Gasteiger partial charge in [-0.1, -0.05) is 6.07 Å². The molecular weight excluding hydrogens is 136 g/mol. The van der Waals surface area contributed by atoms with Crippen molar-refractivity contribution in [2.45, 2.75) is 0 Å². The monoisotopic (exact) mass is 143 g/mol. The first kappa shape index (κ1) is 6.16. The SMILES string of the molecule is [c]1ccc(-c2ccccn2)[nH]1. The van der Waals surface area contributed by atoms with E-state index in [1.54, 1.807) is 6.20 Å². The smallest absolute Gasteiger partial charge is 0.0864 e. The summed E-state index contributed by atoms with van der Waals surface area (Å²) in [6, 6.07) is 9.60. The van der Waals surface area contributed by atoms with Gasteiger partial charge in [0.1, 0.15) is 0 Å². The third-order valence-electron chi connectivity index (χ3n) is 1.48. The Morgan fingerprint density at radius 2 is 2.27 bits per heavy atom. The first-order valence-corrected chi connectivity index (χ1v) is 3.43. The van der Waals surface area contributed by atoms with Gasteiger partial charge in [-0.3, -0.25) is 4.98 Å². The highest BCUT2D eigenvalue weighted by atomic mass is 14.8. The summed E-state index contributed by atoms with van der Waals surface area (Å²) >= 11 is 0. The highest BCUT2D eigenvalue weighted by Gasteiger charge is 1.95. The lowest BCUT2D eigenvalue weighted by Gasteiger charge is -1.93. The summed E-state index contributed by atoms with van der Waals surface area (Å²) in [6.45, 7) is 0. The van der Waals surface area contributed by atoms with Crippen molar-refractivity contribution < 1.29 is 0 Å². The molecule has 0 amide bonds. The van der Waals surface area contributed by atoms with E-state index in [1.807, 2.05) is 30.3 Å². The van der Waals surface area contributed by atoms with Gasteiger partial charge in [-0.25, -0.2) is 0 Å². The molecule has 0 spiro atoms. The van der Waals surface area contributed by atoms with Gasteiger partial charge in [0.05, 0.1) is 17.6 Å². The second-order valence-corrected chi connectivity index (χ2v) is 2.23. The average Bonchev–Trinajstić information content (AvgIpc) is 2.58. The average molecular weight is 143 g/mol. The van der Waals surface area contributed by atoms with Crippen LogP contribution in [0.25, 0.3) is 11.4 Å². The number of aromatic nitrogens is 2. The molecule has 0 aliphatic carbocycles. The normalized spacial score (nSPS) is 9.82. The molecule has 0 bridgehead atoms. The Labute approximate surface area is 64.9 Å². The molecular formula is C9H7N2. The molecule has 0 aromatic carbocycles. The van der Waals surface area contributed by atoms with E-state index in [4.69, 9.17) is 0 Å². The van der Waals surface area contributed by atoms with Crippen LogP contribution in [0.2, 0.25) is 0 Å². The zero-order valence-corrected chi connectivity index (χ0v) is 5.91. The summed E-state index contributed by atoms with van der Waals surface area (Å²) in [5.74, 6) is 0. The zero-order chi connectivity index (χ0) is 7.52. The Hall–Kier alpha value is -1.57. The highest BCUT2D eigenvalue weighted by molar-refractivity contribution is 5.53. The molecule has 0 aliphatic heterocycles. The van der Waals surface area contributed by atoms with Crippen LogP contribution in [0, 0.1) is 6.20 Å². The Morgan fingerprint density at radius 1 is 1.27 bits per heavy atom. The van der Waals surface area contributed by atoms with Crippen molar-refractivity contribution in [3.63, 3.8) is 0 Å². The number of aromatic amines is 1. The molecule has 2 heteroatoms. The van der Waals surface area contributed by atoms with Gasteiger partial charge in [0.2, 0.25) is 0 Å². The van der Waals surface area contributed by atoms with Gasteiger partial charge < -0.3 is 4.98 Å². The van der Waals surface area contributed by atoms with Crippen molar-refractivity contribution in [1.82, 2.24) is 9.97 Å². The molecule has 2 aromatic rings. The van der Waals surface area contributed by atoms with Gasteiger partial charge in [0.25, 0.3) is 0 Å². The summed E-state index contributed by atoms with van der Waals surface area (Å²) in [5.41, 5.74) is 1.96. The number of pyridine rings is 1. The number of H-pyrrole nitrogens is 1.